The Bertz CT molecular complexity index is 859. The van der Waals surface area contributed by atoms with Crippen molar-refractivity contribution < 1.29 is 19.1 Å². The molecule has 0 aliphatic carbocycles. The molecule has 5 heteroatoms. The number of carbonyl (C=O) groups is 2. The third kappa shape index (κ3) is 6.12. The maximum atomic E-state index is 12.2. The zero-order valence-corrected chi connectivity index (χ0v) is 15.4. The van der Waals surface area contributed by atoms with Gasteiger partial charge in [-0.05, 0) is 61.4 Å². The van der Waals surface area contributed by atoms with E-state index in [1.54, 1.807) is 36.4 Å². The topological polar surface area (TPSA) is 76.4 Å². The van der Waals surface area contributed by atoms with E-state index in [2.05, 4.69) is 6.92 Å². The molecule has 0 spiro atoms. The second-order valence-electron chi connectivity index (χ2n) is 5.91. The summed E-state index contributed by atoms with van der Waals surface area (Å²) in [5.41, 5.74) is 1.09. The highest BCUT2D eigenvalue weighted by Crippen LogP contribution is 2.17. The number of ketones is 1. The number of nitrogens with zero attached hydrogens (tertiary/aromatic N) is 1. The normalized spacial score (nSPS) is 10.8. The van der Waals surface area contributed by atoms with Crippen LogP contribution >= 0.6 is 0 Å². The van der Waals surface area contributed by atoms with E-state index in [1.807, 2.05) is 6.07 Å². The molecule has 0 N–H and O–H groups in total. The minimum atomic E-state index is -0.753. The first-order chi connectivity index (χ1) is 13.0. The van der Waals surface area contributed by atoms with Crippen LogP contribution in [0.1, 0.15) is 42.6 Å². The number of nitriles is 1. The summed E-state index contributed by atoms with van der Waals surface area (Å²) in [6.45, 7) is 4.21. The predicted molar refractivity (Wildman–Crippen MR) is 103 cm³/mol. The van der Waals surface area contributed by atoms with Crippen LogP contribution in [0, 0.1) is 11.3 Å². The number of ether oxygens (including phenoxy) is 2. The van der Waals surface area contributed by atoms with E-state index >= 15 is 0 Å². The highest BCUT2D eigenvalue weighted by atomic mass is 16.5. The highest BCUT2D eigenvalue weighted by molar-refractivity contribution is 5.99. The first-order valence-corrected chi connectivity index (χ1v) is 8.71. The Hall–Kier alpha value is -3.39. The molecule has 0 aromatic heterocycles. The Labute approximate surface area is 158 Å². The molecule has 0 saturated heterocycles. The fourth-order valence-corrected chi connectivity index (χ4v) is 2.22. The van der Waals surface area contributed by atoms with E-state index in [-0.39, 0.29) is 17.1 Å². The average Bonchev–Trinajstić information content (AvgIpc) is 2.67. The van der Waals surface area contributed by atoms with Crippen LogP contribution in [-0.2, 0) is 4.79 Å². The standard InChI is InChI=1S/C22H21NO4/c1-3-4-13-26-20-9-5-17(6-10-20)14-19(15-23)22(25)27-21-11-7-18(8-12-21)16(2)24/h5-12,14H,3-4,13H2,1-2H3/b19-14+. The van der Waals surface area contributed by atoms with Gasteiger partial charge in [0.2, 0.25) is 0 Å². The molecule has 0 heterocycles. The van der Waals surface area contributed by atoms with Gasteiger partial charge in [-0.3, -0.25) is 4.79 Å². The van der Waals surface area contributed by atoms with Gasteiger partial charge < -0.3 is 9.47 Å². The lowest BCUT2D eigenvalue weighted by Crippen LogP contribution is -2.10. The van der Waals surface area contributed by atoms with Gasteiger partial charge in [0.15, 0.2) is 5.78 Å². The van der Waals surface area contributed by atoms with Gasteiger partial charge in [0.25, 0.3) is 0 Å². The highest BCUT2D eigenvalue weighted by Gasteiger charge is 2.12. The predicted octanol–water partition coefficient (Wildman–Crippen LogP) is 4.58. The number of hydrogen-bond donors (Lipinski definition) is 0. The van der Waals surface area contributed by atoms with Crippen LogP contribution in [0.25, 0.3) is 6.08 Å². The van der Waals surface area contributed by atoms with Crippen LogP contribution in [0.3, 0.4) is 0 Å². The van der Waals surface area contributed by atoms with Gasteiger partial charge in [-0.1, -0.05) is 25.5 Å². The molecule has 2 aromatic carbocycles. The number of benzene rings is 2. The summed E-state index contributed by atoms with van der Waals surface area (Å²) >= 11 is 0. The summed E-state index contributed by atoms with van der Waals surface area (Å²) in [6.07, 6.45) is 3.51. The summed E-state index contributed by atoms with van der Waals surface area (Å²) in [5, 5.41) is 9.26. The summed E-state index contributed by atoms with van der Waals surface area (Å²) < 4.78 is 10.8. The van der Waals surface area contributed by atoms with E-state index in [9.17, 15) is 14.9 Å². The number of rotatable bonds is 8. The maximum absolute atomic E-state index is 12.2. The molecule has 2 rings (SSSR count). The van der Waals surface area contributed by atoms with Gasteiger partial charge in [0, 0.05) is 5.56 Å². The van der Waals surface area contributed by atoms with Crippen molar-refractivity contribution in [2.24, 2.45) is 0 Å². The molecule has 27 heavy (non-hydrogen) atoms. The Morgan fingerprint density at radius 3 is 2.22 bits per heavy atom. The van der Waals surface area contributed by atoms with E-state index in [0.29, 0.717) is 17.7 Å². The van der Waals surface area contributed by atoms with E-state index in [4.69, 9.17) is 9.47 Å². The van der Waals surface area contributed by atoms with Crippen molar-refractivity contribution in [3.05, 3.63) is 65.2 Å². The first-order valence-electron chi connectivity index (χ1n) is 8.71. The quantitative estimate of drug-likeness (QED) is 0.171. The van der Waals surface area contributed by atoms with Gasteiger partial charge in [0.1, 0.15) is 23.1 Å². The third-order valence-corrected chi connectivity index (χ3v) is 3.77. The SMILES string of the molecule is CCCCOc1ccc(/C=C(\C#N)C(=O)Oc2ccc(C(C)=O)cc2)cc1. The van der Waals surface area contributed by atoms with Gasteiger partial charge in [-0.2, -0.15) is 5.26 Å². The summed E-state index contributed by atoms with van der Waals surface area (Å²) in [7, 11) is 0. The smallest absolute Gasteiger partial charge is 0.354 e. The third-order valence-electron chi connectivity index (χ3n) is 3.77. The minimum absolute atomic E-state index is 0.0763. The molecule has 0 radical (unpaired) electrons. The van der Waals surface area contributed by atoms with E-state index in [0.717, 1.165) is 18.6 Å². The molecular formula is C22H21NO4. The Morgan fingerprint density at radius 2 is 1.67 bits per heavy atom. The molecule has 0 amide bonds. The van der Waals surface area contributed by atoms with Crippen molar-refractivity contribution in [1.29, 1.82) is 5.26 Å². The lowest BCUT2D eigenvalue weighted by atomic mass is 10.1. The molecule has 0 aliphatic heterocycles. The van der Waals surface area contributed by atoms with Crippen LogP contribution < -0.4 is 9.47 Å². The number of unbranched alkanes of at least 4 members (excludes halogenated alkanes) is 1. The molecule has 2 aromatic rings. The summed E-state index contributed by atoms with van der Waals surface area (Å²) in [5.74, 6) is 0.182. The molecule has 0 aliphatic rings. The average molecular weight is 363 g/mol. The molecule has 5 nitrogen and oxygen atoms in total. The largest absolute Gasteiger partial charge is 0.494 e. The van der Waals surface area contributed by atoms with Crippen molar-refractivity contribution >= 4 is 17.8 Å². The lowest BCUT2D eigenvalue weighted by Gasteiger charge is -2.06. The molecule has 0 fully saturated rings. The second kappa shape index (κ2) is 9.93. The molecule has 0 atom stereocenters. The fraction of sp³-hybridized carbons (Fsp3) is 0.227. The first kappa shape index (κ1) is 19.9. The molecule has 0 saturated carbocycles. The Kier molecular flexibility index (Phi) is 7.33. The molecule has 138 valence electrons. The van der Waals surface area contributed by atoms with Crippen molar-refractivity contribution in [2.45, 2.75) is 26.7 Å². The Balaban J connectivity index is 2.05. The van der Waals surface area contributed by atoms with Crippen LogP contribution in [0.5, 0.6) is 11.5 Å². The van der Waals surface area contributed by atoms with E-state index in [1.165, 1.54) is 25.1 Å². The van der Waals surface area contributed by atoms with Gasteiger partial charge in [0.05, 0.1) is 6.61 Å². The maximum Gasteiger partial charge on any atom is 0.354 e. The zero-order valence-electron chi connectivity index (χ0n) is 15.4. The molecular weight excluding hydrogens is 342 g/mol. The number of Topliss-reactive ketones (excluding diaryl/α,β-unsaturated/α-hetero) is 1. The second-order valence-corrected chi connectivity index (χ2v) is 5.91. The van der Waals surface area contributed by atoms with Crippen molar-refractivity contribution in [3.8, 4) is 17.6 Å². The lowest BCUT2D eigenvalue weighted by molar-refractivity contribution is -0.129. The van der Waals surface area contributed by atoms with Gasteiger partial charge >= 0.3 is 5.97 Å². The van der Waals surface area contributed by atoms with Crippen molar-refractivity contribution in [1.82, 2.24) is 0 Å². The fourth-order valence-electron chi connectivity index (χ4n) is 2.22. The van der Waals surface area contributed by atoms with Gasteiger partial charge in [-0.15, -0.1) is 0 Å². The number of esters is 1. The van der Waals surface area contributed by atoms with Crippen LogP contribution in [-0.4, -0.2) is 18.4 Å². The number of hydrogen-bond acceptors (Lipinski definition) is 5. The van der Waals surface area contributed by atoms with Crippen LogP contribution in [0.4, 0.5) is 0 Å². The van der Waals surface area contributed by atoms with Crippen LogP contribution in [0.15, 0.2) is 54.1 Å². The van der Waals surface area contributed by atoms with Crippen molar-refractivity contribution in [2.75, 3.05) is 6.61 Å². The van der Waals surface area contributed by atoms with E-state index < -0.39 is 5.97 Å². The summed E-state index contributed by atoms with van der Waals surface area (Å²) in [4.78, 5) is 23.5. The molecule has 0 unspecified atom stereocenters. The van der Waals surface area contributed by atoms with Crippen LogP contribution in [0.2, 0.25) is 0 Å². The minimum Gasteiger partial charge on any atom is -0.494 e. The van der Waals surface area contributed by atoms with Gasteiger partial charge in [-0.25, -0.2) is 4.79 Å². The van der Waals surface area contributed by atoms with Crippen molar-refractivity contribution in [3.63, 3.8) is 0 Å². The molecule has 0 bridgehead atoms. The summed E-state index contributed by atoms with van der Waals surface area (Å²) in [6, 6.07) is 15.2. The number of carbonyl (C=O) groups excluding carboxylic acids is 2. The monoisotopic (exact) mass is 363 g/mol. The Morgan fingerprint density at radius 1 is 1.04 bits per heavy atom. The zero-order chi connectivity index (χ0) is 19.6.